The van der Waals surface area contributed by atoms with Crippen molar-refractivity contribution in [3.63, 3.8) is 0 Å². The topological polar surface area (TPSA) is 56.4 Å². The Kier molecular flexibility index (Phi) is 2.92. The number of rotatable bonds is 1. The van der Waals surface area contributed by atoms with Crippen LogP contribution < -0.4 is 5.73 Å². The molecule has 1 aliphatic heterocycles. The summed E-state index contributed by atoms with van der Waals surface area (Å²) in [5, 5.41) is 7.29. The first-order valence-corrected chi connectivity index (χ1v) is 4.36. The van der Waals surface area contributed by atoms with Crippen molar-refractivity contribution in [3.8, 4) is 0 Å². The number of likely N-dealkylation sites (tertiary alicyclic amines) is 1. The number of hydrogen-bond donors (Lipinski definition) is 2. The van der Waals surface area contributed by atoms with E-state index in [1.54, 1.807) is 0 Å². The molecular formula is C8H18N4. The van der Waals surface area contributed by atoms with Gasteiger partial charge in [-0.15, -0.1) is 0 Å². The van der Waals surface area contributed by atoms with Crippen molar-refractivity contribution in [1.29, 1.82) is 5.41 Å². The highest BCUT2D eigenvalue weighted by Gasteiger charge is 2.21. The van der Waals surface area contributed by atoms with Crippen LogP contribution in [0.4, 0.5) is 0 Å². The van der Waals surface area contributed by atoms with Crippen LogP contribution in [-0.4, -0.2) is 49.0 Å². The van der Waals surface area contributed by atoms with E-state index >= 15 is 0 Å². The van der Waals surface area contributed by atoms with E-state index in [0.717, 1.165) is 13.0 Å². The molecule has 12 heavy (non-hydrogen) atoms. The van der Waals surface area contributed by atoms with Gasteiger partial charge < -0.3 is 15.5 Å². The highest BCUT2D eigenvalue weighted by molar-refractivity contribution is 5.74. The smallest absolute Gasteiger partial charge is 0.188 e. The van der Waals surface area contributed by atoms with Gasteiger partial charge in [-0.3, -0.25) is 5.41 Å². The van der Waals surface area contributed by atoms with E-state index < -0.39 is 0 Å². The number of nitrogens with one attached hydrogen (secondary N) is 1. The Morgan fingerprint density at radius 1 is 1.67 bits per heavy atom. The maximum absolute atomic E-state index is 7.29. The third kappa shape index (κ3) is 2.11. The highest BCUT2D eigenvalue weighted by Crippen LogP contribution is 2.12. The Hall–Kier alpha value is -0.770. The van der Waals surface area contributed by atoms with Crippen LogP contribution in [0.15, 0.2) is 0 Å². The van der Waals surface area contributed by atoms with Gasteiger partial charge in [-0.05, 0) is 26.4 Å². The van der Waals surface area contributed by atoms with Crippen LogP contribution in [0.2, 0.25) is 0 Å². The third-order valence-corrected chi connectivity index (χ3v) is 2.53. The fourth-order valence-electron chi connectivity index (χ4n) is 1.65. The molecule has 1 rings (SSSR count). The van der Waals surface area contributed by atoms with Crippen LogP contribution in [0.1, 0.15) is 12.8 Å². The Balaban J connectivity index is 2.45. The minimum Gasteiger partial charge on any atom is -0.370 e. The second-order valence-corrected chi connectivity index (χ2v) is 3.55. The molecule has 0 bridgehead atoms. The molecule has 0 aromatic rings. The molecule has 1 atom stereocenters. The molecule has 1 unspecified atom stereocenters. The maximum Gasteiger partial charge on any atom is 0.188 e. The molecule has 0 aromatic heterocycles. The number of nitrogens with zero attached hydrogens (tertiary/aromatic N) is 2. The van der Waals surface area contributed by atoms with E-state index in [-0.39, 0.29) is 5.96 Å². The Labute approximate surface area is 73.8 Å². The van der Waals surface area contributed by atoms with Crippen LogP contribution >= 0.6 is 0 Å². The van der Waals surface area contributed by atoms with Gasteiger partial charge in [0.15, 0.2) is 5.96 Å². The largest absolute Gasteiger partial charge is 0.370 e. The first-order valence-electron chi connectivity index (χ1n) is 4.36. The van der Waals surface area contributed by atoms with Gasteiger partial charge in [0, 0.05) is 19.6 Å². The number of piperidine rings is 1. The van der Waals surface area contributed by atoms with Crippen LogP contribution in [0.25, 0.3) is 0 Å². The van der Waals surface area contributed by atoms with Crippen molar-refractivity contribution in [1.82, 2.24) is 9.80 Å². The third-order valence-electron chi connectivity index (χ3n) is 2.53. The lowest BCUT2D eigenvalue weighted by Gasteiger charge is -2.35. The molecule has 0 saturated carbocycles. The first-order chi connectivity index (χ1) is 5.61. The number of likely N-dealkylation sites (N-methyl/N-ethyl adjacent to an activating group) is 2. The van der Waals surface area contributed by atoms with Crippen molar-refractivity contribution in [3.05, 3.63) is 0 Å². The van der Waals surface area contributed by atoms with Gasteiger partial charge in [0.2, 0.25) is 0 Å². The predicted molar refractivity (Wildman–Crippen MR) is 50.2 cm³/mol. The lowest BCUT2D eigenvalue weighted by molar-refractivity contribution is 0.180. The molecule has 1 fully saturated rings. The van der Waals surface area contributed by atoms with E-state index in [1.807, 2.05) is 11.9 Å². The predicted octanol–water partition coefficient (Wildman–Crippen LogP) is -0.0941. The summed E-state index contributed by atoms with van der Waals surface area (Å²) in [6.45, 7) is 2.19. The lowest BCUT2D eigenvalue weighted by Crippen LogP contribution is -2.49. The quantitative estimate of drug-likeness (QED) is 0.427. The van der Waals surface area contributed by atoms with Crippen molar-refractivity contribution in [2.75, 3.05) is 27.2 Å². The zero-order valence-electron chi connectivity index (χ0n) is 7.88. The van der Waals surface area contributed by atoms with E-state index in [1.165, 1.54) is 13.0 Å². The fourth-order valence-corrected chi connectivity index (χ4v) is 1.65. The van der Waals surface area contributed by atoms with Gasteiger partial charge in [-0.25, -0.2) is 0 Å². The Bertz CT molecular complexity index is 168. The van der Waals surface area contributed by atoms with Gasteiger partial charge in [-0.2, -0.15) is 0 Å². The molecule has 4 heteroatoms. The first kappa shape index (κ1) is 9.32. The summed E-state index contributed by atoms with van der Waals surface area (Å²) < 4.78 is 0. The molecule has 0 aromatic carbocycles. The Morgan fingerprint density at radius 2 is 2.33 bits per heavy atom. The monoisotopic (exact) mass is 170 g/mol. The summed E-state index contributed by atoms with van der Waals surface area (Å²) >= 11 is 0. The highest BCUT2D eigenvalue weighted by atomic mass is 15.3. The molecule has 0 aliphatic carbocycles. The average Bonchev–Trinajstić information content (AvgIpc) is 2.03. The van der Waals surface area contributed by atoms with Crippen molar-refractivity contribution in [2.45, 2.75) is 18.9 Å². The zero-order valence-corrected chi connectivity index (χ0v) is 7.88. The Morgan fingerprint density at radius 3 is 2.83 bits per heavy atom. The van der Waals surface area contributed by atoms with Gasteiger partial charge in [0.05, 0.1) is 0 Å². The summed E-state index contributed by atoms with van der Waals surface area (Å²) in [5.41, 5.74) is 5.40. The molecule has 1 saturated heterocycles. The molecule has 1 heterocycles. The van der Waals surface area contributed by atoms with E-state index in [9.17, 15) is 0 Å². The minimum absolute atomic E-state index is 0.176. The second kappa shape index (κ2) is 3.76. The van der Waals surface area contributed by atoms with E-state index in [0.29, 0.717) is 6.04 Å². The zero-order chi connectivity index (χ0) is 9.14. The minimum atomic E-state index is 0.176. The molecule has 4 nitrogen and oxygen atoms in total. The van der Waals surface area contributed by atoms with Crippen LogP contribution in [-0.2, 0) is 0 Å². The maximum atomic E-state index is 7.29. The molecular weight excluding hydrogens is 152 g/mol. The van der Waals surface area contributed by atoms with Gasteiger partial charge in [0.1, 0.15) is 0 Å². The standard InChI is InChI=1S/C8H18N4/c1-11-5-3-4-7(6-11)12(2)8(9)10/h7H,3-6H2,1-2H3,(H3,9,10). The molecule has 0 spiro atoms. The van der Waals surface area contributed by atoms with Crippen LogP contribution in [0, 0.1) is 5.41 Å². The SMILES string of the molecule is CN1CCCC(N(C)C(=N)N)C1. The average molecular weight is 170 g/mol. The summed E-state index contributed by atoms with van der Waals surface area (Å²) in [6.07, 6.45) is 2.36. The summed E-state index contributed by atoms with van der Waals surface area (Å²) in [4.78, 5) is 4.14. The van der Waals surface area contributed by atoms with Crippen molar-refractivity contribution >= 4 is 5.96 Å². The van der Waals surface area contributed by atoms with Crippen molar-refractivity contribution in [2.24, 2.45) is 5.73 Å². The number of hydrogen-bond acceptors (Lipinski definition) is 2. The molecule has 70 valence electrons. The van der Waals surface area contributed by atoms with Gasteiger partial charge in [-0.1, -0.05) is 0 Å². The number of nitrogens with two attached hydrogens (primary N) is 1. The van der Waals surface area contributed by atoms with Crippen LogP contribution in [0.3, 0.4) is 0 Å². The summed E-state index contributed by atoms with van der Waals surface area (Å²) in [7, 11) is 4.01. The summed E-state index contributed by atoms with van der Waals surface area (Å²) in [6, 6.07) is 0.432. The second-order valence-electron chi connectivity index (χ2n) is 3.55. The normalized spacial score (nSPS) is 25.3. The number of guanidine groups is 1. The fraction of sp³-hybridized carbons (Fsp3) is 0.875. The van der Waals surface area contributed by atoms with Gasteiger partial charge >= 0.3 is 0 Å². The van der Waals surface area contributed by atoms with E-state index in [4.69, 9.17) is 11.1 Å². The molecule has 1 aliphatic rings. The molecule has 3 N–H and O–H groups in total. The van der Waals surface area contributed by atoms with Gasteiger partial charge in [0.25, 0.3) is 0 Å². The molecule has 0 amide bonds. The lowest BCUT2D eigenvalue weighted by atomic mass is 10.1. The molecule has 0 radical (unpaired) electrons. The van der Waals surface area contributed by atoms with Crippen LogP contribution in [0.5, 0.6) is 0 Å². The summed E-state index contributed by atoms with van der Waals surface area (Å²) in [5.74, 6) is 0.176. The van der Waals surface area contributed by atoms with Crippen molar-refractivity contribution < 1.29 is 0 Å². The van der Waals surface area contributed by atoms with E-state index in [2.05, 4.69) is 11.9 Å².